The number of hydrogen-bond donors (Lipinski definition) is 0. The lowest BCUT2D eigenvalue weighted by atomic mass is 9.93. The second-order valence-corrected chi connectivity index (χ2v) is 4.31. The van der Waals surface area contributed by atoms with Crippen LogP contribution in [0.1, 0.15) is 24.3 Å². The van der Waals surface area contributed by atoms with Gasteiger partial charge in [0.25, 0.3) is 0 Å². The molecule has 1 aromatic rings. The molecule has 3 atom stereocenters. The average Bonchev–Trinajstić information content (AvgIpc) is 2.65. The van der Waals surface area contributed by atoms with Crippen molar-refractivity contribution in [2.24, 2.45) is 5.92 Å². The summed E-state index contributed by atoms with van der Waals surface area (Å²) in [4.78, 5) is 0. The summed E-state index contributed by atoms with van der Waals surface area (Å²) in [7, 11) is 0. The van der Waals surface area contributed by atoms with Crippen molar-refractivity contribution >= 4 is 11.6 Å². The minimum atomic E-state index is 0.0914. The summed E-state index contributed by atoms with van der Waals surface area (Å²) in [5.41, 5.74) is 1.21. The van der Waals surface area contributed by atoms with Crippen molar-refractivity contribution in [3.63, 3.8) is 0 Å². The van der Waals surface area contributed by atoms with Gasteiger partial charge in [-0.2, -0.15) is 0 Å². The van der Waals surface area contributed by atoms with Crippen molar-refractivity contribution in [2.75, 3.05) is 6.61 Å². The molecule has 2 heteroatoms. The van der Waals surface area contributed by atoms with Crippen LogP contribution in [0.15, 0.2) is 30.3 Å². The topological polar surface area (TPSA) is 9.23 Å². The van der Waals surface area contributed by atoms with Gasteiger partial charge in [0.1, 0.15) is 0 Å². The van der Waals surface area contributed by atoms with Crippen LogP contribution in [0.5, 0.6) is 0 Å². The zero-order chi connectivity index (χ0) is 9.97. The molecule has 1 fully saturated rings. The lowest BCUT2D eigenvalue weighted by molar-refractivity contribution is 0.105. The molecule has 0 bridgehead atoms. The van der Waals surface area contributed by atoms with Crippen LogP contribution in [0.2, 0.25) is 0 Å². The smallest absolute Gasteiger partial charge is 0.0638 e. The van der Waals surface area contributed by atoms with E-state index >= 15 is 0 Å². The highest BCUT2D eigenvalue weighted by atomic mass is 35.5. The van der Waals surface area contributed by atoms with Crippen LogP contribution in [0, 0.1) is 5.92 Å². The number of alkyl halides is 1. The summed E-state index contributed by atoms with van der Waals surface area (Å²) in [6.07, 6.45) is 1.36. The summed E-state index contributed by atoms with van der Waals surface area (Å²) in [6, 6.07) is 10.3. The van der Waals surface area contributed by atoms with Crippen LogP contribution in [0.25, 0.3) is 0 Å². The first-order chi connectivity index (χ1) is 6.79. The minimum absolute atomic E-state index is 0.0914. The molecule has 2 rings (SSSR count). The summed E-state index contributed by atoms with van der Waals surface area (Å²) < 4.78 is 5.52. The van der Waals surface area contributed by atoms with E-state index in [1.165, 1.54) is 5.56 Å². The van der Waals surface area contributed by atoms with Gasteiger partial charge in [0, 0.05) is 12.5 Å². The Kier molecular flexibility index (Phi) is 3.09. The fourth-order valence-corrected chi connectivity index (χ4v) is 2.49. The average molecular weight is 211 g/mol. The first-order valence-electron chi connectivity index (χ1n) is 5.09. The highest BCUT2D eigenvalue weighted by Crippen LogP contribution is 2.37. The van der Waals surface area contributed by atoms with Crippen LogP contribution in [0.4, 0.5) is 0 Å². The fraction of sp³-hybridized carbons (Fsp3) is 0.500. The van der Waals surface area contributed by atoms with Crippen LogP contribution >= 0.6 is 11.6 Å². The van der Waals surface area contributed by atoms with Gasteiger partial charge >= 0.3 is 0 Å². The Morgan fingerprint density at radius 2 is 2.07 bits per heavy atom. The lowest BCUT2D eigenvalue weighted by Crippen LogP contribution is -2.16. The van der Waals surface area contributed by atoms with E-state index in [9.17, 15) is 0 Å². The summed E-state index contributed by atoms with van der Waals surface area (Å²) in [5, 5.41) is 0.0914. The molecule has 0 aromatic heterocycles. The van der Waals surface area contributed by atoms with Crippen molar-refractivity contribution in [3.05, 3.63) is 35.9 Å². The van der Waals surface area contributed by atoms with Crippen molar-refractivity contribution in [2.45, 2.75) is 24.8 Å². The number of rotatable bonds is 2. The van der Waals surface area contributed by atoms with Crippen LogP contribution in [0.3, 0.4) is 0 Å². The Hall–Kier alpha value is -0.530. The summed E-state index contributed by atoms with van der Waals surface area (Å²) in [6.45, 7) is 2.96. The summed E-state index contributed by atoms with van der Waals surface area (Å²) >= 11 is 6.43. The van der Waals surface area contributed by atoms with Crippen molar-refractivity contribution < 1.29 is 4.74 Å². The maximum Gasteiger partial charge on any atom is 0.0638 e. The molecular formula is C12H15ClO. The van der Waals surface area contributed by atoms with E-state index in [2.05, 4.69) is 19.1 Å². The van der Waals surface area contributed by atoms with Crippen molar-refractivity contribution in [1.29, 1.82) is 0 Å². The molecule has 0 radical (unpaired) electrons. The molecule has 76 valence electrons. The van der Waals surface area contributed by atoms with E-state index in [1.807, 2.05) is 18.2 Å². The van der Waals surface area contributed by atoms with Gasteiger partial charge in [0.15, 0.2) is 0 Å². The molecule has 0 aliphatic carbocycles. The van der Waals surface area contributed by atoms with Gasteiger partial charge in [0.05, 0.1) is 11.5 Å². The lowest BCUT2D eigenvalue weighted by Gasteiger charge is -2.20. The van der Waals surface area contributed by atoms with Gasteiger partial charge in [0.2, 0.25) is 0 Å². The zero-order valence-electron chi connectivity index (χ0n) is 8.32. The number of hydrogen-bond acceptors (Lipinski definition) is 1. The Morgan fingerprint density at radius 3 is 2.64 bits per heavy atom. The summed E-state index contributed by atoms with van der Waals surface area (Å²) in [5.74, 6) is 0.457. The second kappa shape index (κ2) is 4.33. The Bertz CT molecular complexity index is 286. The maximum absolute atomic E-state index is 6.43. The third-order valence-corrected chi connectivity index (χ3v) is 3.50. The Balaban J connectivity index is 2.12. The third-order valence-electron chi connectivity index (χ3n) is 2.93. The third kappa shape index (κ3) is 1.94. The highest BCUT2D eigenvalue weighted by Gasteiger charge is 2.31. The monoisotopic (exact) mass is 210 g/mol. The van der Waals surface area contributed by atoms with E-state index < -0.39 is 0 Å². The highest BCUT2D eigenvalue weighted by molar-refractivity contribution is 6.21. The molecule has 3 unspecified atom stereocenters. The van der Waals surface area contributed by atoms with Crippen molar-refractivity contribution in [3.8, 4) is 0 Å². The van der Waals surface area contributed by atoms with Gasteiger partial charge in [-0.25, -0.2) is 0 Å². The van der Waals surface area contributed by atoms with E-state index in [0.29, 0.717) is 5.92 Å². The van der Waals surface area contributed by atoms with Gasteiger partial charge in [-0.3, -0.25) is 0 Å². The van der Waals surface area contributed by atoms with E-state index in [-0.39, 0.29) is 11.5 Å². The molecule has 14 heavy (non-hydrogen) atoms. The molecule has 1 heterocycles. The molecular weight excluding hydrogens is 196 g/mol. The van der Waals surface area contributed by atoms with Crippen molar-refractivity contribution in [1.82, 2.24) is 0 Å². The van der Waals surface area contributed by atoms with E-state index in [4.69, 9.17) is 16.3 Å². The molecule has 1 saturated heterocycles. The Labute approximate surface area is 90.0 Å². The second-order valence-electron chi connectivity index (χ2n) is 3.84. The first kappa shape index (κ1) is 10.0. The molecule has 1 nitrogen and oxygen atoms in total. The van der Waals surface area contributed by atoms with Gasteiger partial charge in [-0.1, -0.05) is 30.3 Å². The quantitative estimate of drug-likeness (QED) is 0.680. The fourth-order valence-electron chi connectivity index (χ4n) is 2.02. The van der Waals surface area contributed by atoms with Crippen LogP contribution in [-0.4, -0.2) is 12.7 Å². The Morgan fingerprint density at radius 1 is 1.36 bits per heavy atom. The number of ether oxygens (including phenoxy) is 1. The van der Waals surface area contributed by atoms with Gasteiger partial charge < -0.3 is 4.74 Å². The first-order valence-corrected chi connectivity index (χ1v) is 5.53. The minimum Gasteiger partial charge on any atom is -0.378 e. The number of halogens is 1. The SMILES string of the molecule is CC1OCCC1C(Cl)c1ccccc1. The van der Waals surface area contributed by atoms with Crippen LogP contribution in [-0.2, 0) is 4.74 Å². The molecule has 0 amide bonds. The van der Waals surface area contributed by atoms with Crippen LogP contribution < -0.4 is 0 Å². The predicted octanol–water partition coefficient (Wildman–Crippen LogP) is 3.39. The molecule has 1 aliphatic rings. The van der Waals surface area contributed by atoms with E-state index in [0.717, 1.165) is 13.0 Å². The standard InChI is InChI=1S/C12H15ClO/c1-9-11(7-8-14-9)12(13)10-5-3-2-4-6-10/h2-6,9,11-12H,7-8H2,1H3. The molecule has 0 saturated carbocycles. The van der Waals surface area contributed by atoms with Gasteiger partial charge in [-0.05, 0) is 18.9 Å². The van der Waals surface area contributed by atoms with Gasteiger partial charge in [-0.15, -0.1) is 11.6 Å². The number of benzene rings is 1. The zero-order valence-corrected chi connectivity index (χ0v) is 9.08. The maximum atomic E-state index is 6.43. The molecule has 1 aromatic carbocycles. The largest absolute Gasteiger partial charge is 0.378 e. The molecule has 1 aliphatic heterocycles. The predicted molar refractivity (Wildman–Crippen MR) is 58.6 cm³/mol. The molecule has 0 spiro atoms. The molecule has 0 N–H and O–H groups in total. The van der Waals surface area contributed by atoms with E-state index in [1.54, 1.807) is 0 Å². The normalized spacial score (nSPS) is 29.0.